The molecule has 0 amide bonds. The van der Waals surface area contributed by atoms with E-state index in [1.807, 2.05) is 60.0 Å². The van der Waals surface area contributed by atoms with Gasteiger partial charge in [0.1, 0.15) is 10.7 Å². The normalized spacial score (nSPS) is 12.4. The number of ether oxygens (including phenoxy) is 1. The number of hydrogen-bond acceptors (Lipinski definition) is 6. The SMILES string of the molecule is COc1ncc(-c2ccc3nc(N)n([C@H](C)c4ccccc4)c3c2)cc1S(=O)(=O)Nc1cccc(F)c1. The quantitative estimate of drug-likeness (QED) is 0.305. The summed E-state index contributed by atoms with van der Waals surface area (Å²) in [5.41, 5.74) is 10.2. The number of anilines is 2. The van der Waals surface area contributed by atoms with Crippen molar-refractivity contribution in [3.63, 3.8) is 0 Å². The summed E-state index contributed by atoms with van der Waals surface area (Å²) in [6.07, 6.45) is 1.53. The number of fused-ring (bicyclic) bond motifs is 1. The summed E-state index contributed by atoms with van der Waals surface area (Å²) < 4.78 is 49.6. The molecule has 2 heterocycles. The fourth-order valence-electron chi connectivity index (χ4n) is 4.28. The highest BCUT2D eigenvalue weighted by atomic mass is 32.2. The highest BCUT2D eigenvalue weighted by molar-refractivity contribution is 7.92. The Morgan fingerprint density at radius 1 is 1.00 bits per heavy atom. The number of nitrogens with one attached hydrogen (secondary N) is 1. The Kier molecular flexibility index (Phi) is 6.26. The summed E-state index contributed by atoms with van der Waals surface area (Å²) in [4.78, 5) is 8.55. The third kappa shape index (κ3) is 4.70. The Hall–Kier alpha value is -4.44. The van der Waals surface area contributed by atoms with Crippen LogP contribution in [0.4, 0.5) is 16.0 Å². The highest BCUT2D eigenvalue weighted by Crippen LogP contribution is 2.33. The summed E-state index contributed by atoms with van der Waals surface area (Å²) in [5.74, 6) is -0.271. The second-order valence-electron chi connectivity index (χ2n) is 8.48. The smallest absolute Gasteiger partial charge is 0.267 e. The second-order valence-corrected chi connectivity index (χ2v) is 10.1. The van der Waals surface area contributed by atoms with Crippen LogP contribution in [0.25, 0.3) is 22.2 Å². The molecule has 1 atom stereocenters. The molecule has 0 saturated carbocycles. The summed E-state index contributed by atoms with van der Waals surface area (Å²) in [6, 6.07) is 22.1. The Balaban J connectivity index is 1.58. The van der Waals surface area contributed by atoms with E-state index >= 15 is 0 Å². The lowest BCUT2D eigenvalue weighted by molar-refractivity contribution is 0.385. The van der Waals surface area contributed by atoms with Gasteiger partial charge < -0.3 is 15.0 Å². The monoisotopic (exact) mass is 517 g/mol. The number of nitrogens with two attached hydrogens (primary N) is 1. The van der Waals surface area contributed by atoms with Gasteiger partial charge >= 0.3 is 0 Å². The lowest BCUT2D eigenvalue weighted by Gasteiger charge is -2.17. The molecule has 0 aliphatic heterocycles. The van der Waals surface area contributed by atoms with Crippen molar-refractivity contribution in [3.8, 4) is 17.0 Å². The number of halogens is 1. The first-order chi connectivity index (χ1) is 17.8. The molecule has 3 N–H and O–H groups in total. The number of imidazole rings is 1. The molecule has 0 spiro atoms. The molecule has 0 saturated heterocycles. The zero-order chi connectivity index (χ0) is 26.2. The standard InChI is InChI=1S/C27H24FN5O3S/c1-17(18-7-4-3-5-8-18)33-24-13-19(11-12-23(24)31-27(33)29)20-14-25(26(36-2)30-16-20)37(34,35)32-22-10-6-9-21(28)15-22/h3-17,32H,1-2H3,(H2,29,31)/t17-/m1/s1. The molecule has 10 heteroatoms. The van der Waals surface area contributed by atoms with Crippen molar-refractivity contribution in [3.05, 3.63) is 96.4 Å². The Labute approximate surface area is 213 Å². The van der Waals surface area contributed by atoms with Crippen LogP contribution in [0.5, 0.6) is 5.88 Å². The van der Waals surface area contributed by atoms with Gasteiger partial charge in [-0.3, -0.25) is 4.72 Å². The summed E-state index contributed by atoms with van der Waals surface area (Å²) in [5, 5.41) is 0. The largest absolute Gasteiger partial charge is 0.480 e. The number of nitrogen functional groups attached to an aromatic ring is 1. The van der Waals surface area contributed by atoms with Gasteiger partial charge in [0.25, 0.3) is 10.0 Å². The summed E-state index contributed by atoms with van der Waals surface area (Å²) in [7, 11) is -2.81. The molecular formula is C27H24FN5O3S. The lowest BCUT2D eigenvalue weighted by Crippen LogP contribution is -2.15. The highest BCUT2D eigenvalue weighted by Gasteiger charge is 2.23. The molecule has 0 radical (unpaired) electrons. The fraction of sp³-hybridized carbons (Fsp3) is 0.111. The molecule has 0 unspecified atom stereocenters. The molecule has 2 aromatic heterocycles. The average Bonchev–Trinajstić information content (AvgIpc) is 3.23. The van der Waals surface area contributed by atoms with Crippen LogP contribution >= 0.6 is 0 Å². The molecule has 0 fully saturated rings. The van der Waals surface area contributed by atoms with Gasteiger partial charge in [0.15, 0.2) is 0 Å². The van der Waals surface area contributed by atoms with Crippen molar-refractivity contribution in [2.75, 3.05) is 17.6 Å². The number of sulfonamides is 1. The fourth-order valence-corrected chi connectivity index (χ4v) is 5.47. The van der Waals surface area contributed by atoms with Crippen molar-refractivity contribution in [1.82, 2.24) is 14.5 Å². The second kappa shape index (κ2) is 9.55. The van der Waals surface area contributed by atoms with E-state index in [1.165, 1.54) is 37.6 Å². The summed E-state index contributed by atoms with van der Waals surface area (Å²) >= 11 is 0. The predicted molar refractivity (Wildman–Crippen MR) is 141 cm³/mol. The Morgan fingerprint density at radius 3 is 2.51 bits per heavy atom. The molecule has 0 aliphatic rings. The van der Waals surface area contributed by atoms with Crippen molar-refractivity contribution < 1.29 is 17.5 Å². The van der Waals surface area contributed by atoms with E-state index in [0.29, 0.717) is 22.6 Å². The van der Waals surface area contributed by atoms with Crippen LogP contribution < -0.4 is 15.2 Å². The van der Waals surface area contributed by atoms with Crippen LogP contribution in [0.15, 0.2) is 90.0 Å². The molecular weight excluding hydrogens is 493 g/mol. The van der Waals surface area contributed by atoms with Crippen molar-refractivity contribution in [1.29, 1.82) is 0 Å². The van der Waals surface area contributed by atoms with E-state index in [0.717, 1.165) is 17.1 Å². The van der Waals surface area contributed by atoms with Crippen molar-refractivity contribution in [2.24, 2.45) is 0 Å². The van der Waals surface area contributed by atoms with Gasteiger partial charge in [-0.15, -0.1) is 0 Å². The van der Waals surface area contributed by atoms with Gasteiger partial charge in [-0.05, 0) is 54.4 Å². The van der Waals surface area contributed by atoms with E-state index in [9.17, 15) is 12.8 Å². The van der Waals surface area contributed by atoms with E-state index < -0.39 is 15.8 Å². The third-order valence-corrected chi connectivity index (χ3v) is 7.47. The predicted octanol–water partition coefficient (Wildman–Crippen LogP) is 5.24. The van der Waals surface area contributed by atoms with Gasteiger partial charge in [0.05, 0.1) is 29.9 Å². The molecule has 0 bridgehead atoms. The van der Waals surface area contributed by atoms with Crippen molar-refractivity contribution in [2.45, 2.75) is 17.9 Å². The van der Waals surface area contributed by atoms with E-state index in [-0.39, 0.29) is 22.5 Å². The maximum Gasteiger partial charge on any atom is 0.267 e. The number of hydrogen-bond donors (Lipinski definition) is 2. The Morgan fingerprint density at radius 2 is 1.78 bits per heavy atom. The zero-order valence-corrected chi connectivity index (χ0v) is 20.9. The molecule has 5 aromatic rings. The number of pyridine rings is 1. The Bertz CT molecular complexity index is 1700. The maximum atomic E-state index is 13.6. The molecule has 5 rings (SSSR count). The van der Waals surface area contributed by atoms with Crippen LogP contribution in [0, 0.1) is 5.82 Å². The van der Waals surface area contributed by atoms with E-state index in [2.05, 4.69) is 14.7 Å². The minimum absolute atomic E-state index is 0.0816. The van der Waals surface area contributed by atoms with Gasteiger partial charge in [-0.25, -0.2) is 22.8 Å². The molecule has 37 heavy (non-hydrogen) atoms. The average molecular weight is 518 g/mol. The van der Waals surface area contributed by atoms with Gasteiger partial charge in [-0.1, -0.05) is 42.5 Å². The number of benzene rings is 3. The van der Waals surface area contributed by atoms with Gasteiger partial charge in [-0.2, -0.15) is 0 Å². The van der Waals surface area contributed by atoms with Crippen LogP contribution in [-0.2, 0) is 10.0 Å². The topological polar surface area (TPSA) is 112 Å². The zero-order valence-electron chi connectivity index (χ0n) is 20.1. The van der Waals surface area contributed by atoms with Crippen LogP contribution in [-0.4, -0.2) is 30.1 Å². The van der Waals surface area contributed by atoms with E-state index in [1.54, 1.807) is 0 Å². The summed E-state index contributed by atoms with van der Waals surface area (Å²) in [6.45, 7) is 2.04. The molecule has 0 aliphatic carbocycles. The molecule has 188 valence electrons. The first kappa shape index (κ1) is 24.3. The minimum atomic E-state index is -4.14. The molecule has 8 nitrogen and oxygen atoms in total. The third-order valence-electron chi connectivity index (χ3n) is 6.10. The molecule has 3 aromatic carbocycles. The first-order valence-electron chi connectivity index (χ1n) is 11.4. The minimum Gasteiger partial charge on any atom is -0.480 e. The number of rotatable bonds is 7. The number of nitrogens with zero attached hydrogens (tertiary/aromatic N) is 3. The van der Waals surface area contributed by atoms with Crippen LogP contribution in [0.1, 0.15) is 18.5 Å². The van der Waals surface area contributed by atoms with Gasteiger partial charge in [0.2, 0.25) is 11.8 Å². The van der Waals surface area contributed by atoms with Crippen LogP contribution in [0.3, 0.4) is 0 Å². The number of methoxy groups -OCH3 is 1. The van der Waals surface area contributed by atoms with Crippen LogP contribution in [0.2, 0.25) is 0 Å². The van der Waals surface area contributed by atoms with Gasteiger partial charge in [0, 0.05) is 11.8 Å². The lowest BCUT2D eigenvalue weighted by atomic mass is 10.1. The van der Waals surface area contributed by atoms with E-state index in [4.69, 9.17) is 10.5 Å². The number of aromatic nitrogens is 3. The maximum absolute atomic E-state index is 13.6. The van der Waals surface area contributed by atoms with Crippen molar-refractivity contribution >= 4 is 32.7 Å². The first-order valence-corrected chi connectivity index (χ1v) is 12.9.